The van der Waals surface area contributed by atoms with E-state index < -0.39 is 0 Å². The maximum atomic E-state index is 13.6. The molecule has 0 bridgehead atoms. The predicted molar refractivity (Wildman–Crippen MR) is 131 cm³/mol. The number of thiazole rings is 1. The van der Waals surface area contributed by atoms with Crippen molar-refractivity contribution in [1.82, 2.24) is 9.97 Å². The molecule has 4 aromatic rings. The monoisotopic (exact) mass is 465 g/mol. The molecule has 4 rings (SSSR count). The van der Waals surface area contributed by atoms with E-state index in [2.05, 4.69) is 11.9 Å². The Bertz CT molecular complexity index is 1230. The molecule has 2 aromatic heterocycles. The molecule has 0 N–H and O–H groups in total. The SMILES string of the molecule is CCCCOc1cccc(C(=O)N(Cc2ccccn2)c2nc3c(C)c(Cl)ccc3s2)c1. The van der Waals surface area contributed by atoms with Crippen molar-refractivity contribution in [2.75, 3.05) is 11.5 Å². The van der Waals surface area contributed by atoms with Gasteiger partial charge in [-0.15, -0.1) is 0 Å². The average Bonchev–Trinajstić information content (AvgIpc) is 3.25. The summed E-state index contributed by atoms with van der Waals surface area (Å²) in [6.45, 7) is 5.00. The Balaban J connectivity index is 1.71. The molecule has 0 aliphatic heterocycles. The molecule has 0 saturated heterocycles. The minimum atomic E-state index is -0.153. The van der Waals surface area contributed by atoms with E-state index in [1.54, 1.807) is 23.2 Å². The highest BCUT2D eigenvalue weighted by Crippen LogP contribution is 2.34. The molecule has 0 aliphatic rings. The van der Waals surface area contributed by atoms with Crippen LogP contribution in [0.15, 0.2) is 60.8 Å². The van der Waals surface area contributed by atoms with Crippen molar-refractivity contribution in [3.8, 4) is 5.75 Å². The zero-order valence-corrected chi connectivity index (χ0v) is 19.6. The van der Waals surface area contributed by atoms with E-state index in [4.69, 9.17) is 21.3 Å². The first-order valence-electron chi connectivity index (χ1n) is 10.6. The second-order valence-electron chi connectivity index (χ2n) is 7.46. The molecule has 0 radical (unpaired) electrons. The quantitative estimate of drug-likeness (QED) is 0.272. The van der Waals surface area contributed by atoms with Gasteiger partial charge in [-0.1, -0.05) is 48.4 Å². The highest BCUT2D eigenvalue weighted by molar-refractivity contribution is 7.22. The van der Waals surface area contributed by atoms with Crippen molar-refractivity contribution in [3.63, 3.8) is 0 Å². The Morgan fingerprint density at radius 3 is 2.81 bits per heavy atom. The third-order valence-electron chi connectivity index (χ3n) is 5.11. The second kappa shape index (κ2) is 10.1. The minimum Gasteiger partial charge on any atom is -0.494 e. The molecule has 5 nitrogen and oxygen atoms in total. The van der Waals surface area contributed by atoms with Crippen molar-refractivity contribution in [2.45, 2.75) is 33.2 Å². The summed E-state index contributed by atoms with van der Waals surface area (Å²) in [6, 6.07) is 16.8. The summed E-state index contributed by atoms with van der Waals surface area (Å²) in [5, 5.41) is 1.27. The summed E-state index contributed by atoms with van der Waals surface area (Å²) in [5.74, 6) is 0.536. The van der Waals surface area contributed by atoms with E-state index in [9.17, 15) is 4.79 Å². The van der Waals surface area contributed by atoms with Crippen LogP contribution in [0.4, 0.5) is 5.13 Å². The summed E-state index contributed by atoms with van der Waals surface area (Å²) in [6.07, 6.45) is 3.75. The van der Waals surface area contributed by atoms with Crippen LogP contribution in [0.1, 0.15) is 41.4 Å². The van der Waals surface area contributed by atoms with E-state index in [0.717, 1.165) is 34.3 Å². The number of hydrogen-bond donors (Lipinski definition) is 0. The molecule has 1 amide bonds. The van der Waals surface area contributed by atoms with Crippen LogP contribution in [0.2, 0.25) is 5.02 Å². The fraction of sp³-hybridized carbons (Fsp3) is 0.240. The van der Waals surface area contributed by atoms with Crippen LogP contribution in [0.5, 0.6) is 5.75 Å². The normalized spacial score (nSPS) is 11.0. The number of amides is 1. The number of ether oxygens (including phenoxy) is 1. The fourth-order valence-corrected chi connectivity index (χ4v) is 4.47. The maximum absolute atomic E-state index is 13.6. The molecule has 0 unspecified atom stereocenters. The van der Waals surface area contributed by atoms with Crippen molar-refractivity contribution in [1.29, 1.82) is 0 Å². The Morgan fingerprint density at radius 1 is 1.16 bits per heavy atom. The molecule has 0 aliphatic carbocycles. The van der Waals surface area contributed by atoms with Gasteiger partial charge < -0.3 is 4.74 Å². The number of aryl methyl sites for hydroxylation is 1. The number of nitrogens with zero attached hydrogens (tertiary/aromatic N) is 3. The molecule has 0 atom stereocenters. The van der Waals surface area contributed by atoms with Crippen LogP contribution in [0, 0.1) is 6.92 Å². The topological polar surface area (TPSA) is 55.3 Å². The van der Waals surface area contributed by atoms with E-state index in [0.29, 0.717) is 34.6 Å². The van der Waals surface area contributed by atoms with E-state index >= 15 is 0 Å². The zero-order chi connectivity index (χ0) is 22.5. The lowest BCUT2D eigenvalue weighted by atomic mass is 10.2. The van der Waals surface area contributed by atoms with E-state index in [1.807, 2.05) is 49.4 Å². The largest absolute Gasteiger partial charge is 0.494 e. The number of unbranched alkanes of at least 4 members (excludes halogenated alkanes) is 1. The van der Waals surface area contributed by atoms with Gasteiger partial charge in [-0.3, -0.25) is 14.7 Å². The number of aromatic nitrogens is 2. The predicted octanol–water partition coefficient (Wildman–Crippen LogP) is 6.68. The highest BCUT2D eigenvalue weighted by Gasteiger charge is 2.23. The molecule has 164 valence electrons. The van der Waals surface area contributed by atoms with Crippen LogP contribution in [-0.2, 0) is 6.54 Å². The number of pyridine rings is 1. The first kappa shape index (κ1) is 22.2. The average molecular weight is 466 g/mol. The van der Waals surface area contributed by atoms with Gasteiger partial charge in [0.25, 0.3) is 5.91 Å². The summed E-state index contributed by atoms with van der Waals surface area (Å²) in [5.41, 5.74) is 3.05. The van der Waals surface area contributed by atoms with Gasteiger partial charge in [0.15, 0.2) is 5.13 Å². The maximum Gasteiger partial charge on any atom is 0.260 e. The minimum absolute atomic E-state index is 0.153. The molecule has 0 spiro atoms. The van der Waals surface area contributed by atoms with E-state index in [-0.39, 0.29) is 5.91 Å². The van der Waals surface area contributed by atoms with Gasteiger partial charge in [0.05, 0.1) is 29.1 Å². The number of hydrogen-bond acceptors (Lipinski definition) is 5. The number of benzene rings is 2. The first-order valence-corrected chi connectivity index (χ1v) is 11.8. The van der Waals surface area contributed by atoms with E-state index in [1.165, 1.54) is 11.3 Å². The number of rotatable bonds is 8. The molecule has 32 heavy (non-hydrogen) atoms. The lowest BCUT2D eigenvalue weighted by Crippen LogP contribution is -2.30. The van der Waals surface area contributed by atoms with Gasteiger partial charge in [0.2, 0.25) is 0 Å². The zero-order valence-electron chi connectivity index (χ0n) is 18.0. The molecule has 0 fully saturated rings. The van der Waals surface area contributed by atoms with Crippen molar-refractivity contribution in [3.05, 3.63) is 82.6 Å². The van der Waals surface area contributed by atoms with Crippen LogP contribution < -0.4 is 9.64 Å². The first-order chi connectivity index (χ1) is 15.6. The summed E-state index contributed by atoms with van der Waals surface area (Å²) >= 11 is 7.76. The van der Waals surface area contributed by atoms with Crippen LogP contribution in [-0.4, -0.2) is 22.5 Å². The Morgan fingerprint density at radius 2 is 2.03 bits per heavy atom. The van der Waals surface area contributed by atoms with Crippen LogP contribution in [0.25, 0.3) is 10.2 Å². The second-order valence-corrected chi connectivity index (χ2v) is 8.87. The number of carbonyl (C=O) groups excluding carboxylic acids is 1. The molecular weight excluding hydrogens is 442 g/mol. The molecule has 2 aromatic carbocycles. The molecule has 7 heteroatoms. The fourth-order valence-electron chi connectivity index (χ4n) is 3.29. The van der Waals surface area contributed by atoms with Crippen LogP contribution >= 0.6 is 22.9 Å². The molecular formula is C25H24ClN3O2S. The lowest BCUT2D eigenvalue weighted by molar-refractivity contribution is 0.0984. The van der Waals surface area contributed by atoms with Gasteiger partial charge in [-0.25, -0.2) is 4.98 Å². The van der Waals surface area contributed by atoms with Gasteiger partial charge in [-0.05, 0) is 61.4 Å². The standard InChI is InChI=1S/C25H24ClN3O2S/c1-3-4-14-31-20-10-7-8-18(15-20)24(30)29(16-19-9-5-6-13-27-19)25-28-23-17(2)21(26)11-12-22(23)32-25/h5-13,15H,3-4,14,16H2,1-2H3. The summed E-state index contributed by atoms with van der Waals surface area (Å²) < 4.78 is 6.79. The summed E-state index contributed by atoms with van der Waals surface area (Å²) in [7, 11) is 0. The number of carbonyl (C=O) groups is 1. The van der Waals surface area contributed by atoms with Crippen molar-refractivity contribution >= 4 is 44.2 Å². The van der Waals surface area contributed by atoms with Gasteiger partial charge in [0, 0.05) is 16.8 Å². The number of fused-ring (bicyclic) bond motifs is 1. The van der Waals surface area contributed by atoms with Crippen molar-refractivity contribution in [2.24, 2.45) is 0 Å². The van der Waals surface area contributed by atoms with Crippen LogP contribution in [0.3, 0.4) is 0 Å². The van der Waals surface area contributed by atoms with Gasteiger partial charge >= 0.3 is 0 Å². The summed E-state index contributed by atoms with van der Waals surface area (Å²) in [4.78, 5) is 24.5. The number of halogens is 1. The Kier molecular flexibility index (Phi) is 7.02. The third-order valence-corrected chi connectivity index (χ3v) is 6.56. The lowest BCUT2D eigenvalue weighted by Gasteiger charge is -2.20. The smallest absolute Gasteiger partial charge is 0.260 e. The van der Waals surface area contributed by atoms with Crippen molar-refractivity contribution < 1.29 is 9.53 Å². The Labute approximate surface area is 196 Å². The highest BCUT2D eigenvalue weighted by atomic mass is 35.5. The molecule has 0 saturated carbocycles. The third kappa shape index (κ3) is 4.92. The number of anilines is 1. The van der Waals surface area contributed by atoms with Gasteiger partial charge in [-0.2, -0.15) is 0 Å². The molecule has 2 heterocycles. The Hall–Kier alpha value is -2.96. The van der Waals surface area contributed by atoms with Gasteiger partial charge in [0.1, 0.15) is 5.75 Å².